The summed E-state index contributed by atoms with van der Waals surface area (Å²) in [7, 11) is 0. The minimum Gasteiger partial charge on any atom is -0.245 e. The summed E-state index contributed by atoms with van der Waals surface area (Å²) in [4.78, 5) is 24.3. The molecule has 0 unspecified atom stereocenters. The van der Waals surface area contributed by atoms with Crippen molar-refractivity contribution in [1.82, 2.24) is 13.9 Å². The summed E-state index contributed by atoms with van der Waals surface area (Å²) in [6.07, 6.45) is 3.73. The Kier molecular flexibility index (Phi) is 2.48. The van der Waals surface area contributed by atoms with Gasteiger partial charge < -0.3 is 0 Å². The van der Waals surface area contributed by atoms with Gasteiger partial charge in [0.2, 0.25) is 0 Å². The van der Waals surface area contributed by atoms with Crippen molar-refractivity contribution >= 4 is 11.6 Å². The number of allylic oxidation sites excluding steroid dienone is 2. The Morgan fingerprint density at radius 3 is 2.17 bits per heavy atom. The van der Waals surface area contributed by atoms with Crippen LogP contribution in [0.4, 0.5) is 0 Å². The SMILES string of the molecule is O=c1n(-c2cccc(Cl)c2)c(=O)n2n1CC=CC2. The van der Waals surface area contributed by atoms with E-state index in [9.17, 15) is 9.59 Å². The maximum Gasteiger partial charge on any atom is 0.352 e. The lowest BCUT2D eigenvalue weighted by Gasteiger charge is -2.08. The van der Waals surface area contributed by atoms with Gasteiger partial charge in [-0.25, -0.2) is 23.5 Å². The Morgan fingerprint density at radius 2 is 1.61 bits per heavy atom. The van der Waals surface area contributed by atoms with Crippen LogP contribution in [0.25, 0.3) is 5.69 Å². The lowest BCUT2D eigenvalue weighted by molar-refractivity contribution is 0.482. The first kappa shape index (κ1) is 11.1. The Labute approximate surface area is 107 Å². The van der Waals surface area contributed by atoms with Crippen LogP contribution in [0, 0.1) is 0 Å². The summed E-state index contributed by atoms with van der Waals surface area (Å²) in [5.74, 6) is 0. The van der Waals surface area contributed by atoms with Crippen LogP contribution in [0.2, 0.25) is 5.02 Å². The predicted molar refractivity (Wildman–Crippen MR) is 68.4 cm³/mol. The highest BCUT2D eigenvalue weighted by Crippen LogP contribution is 2.12. The van der Waals surface area contributed by atoms with Gasteiger partial charge in [-0.15, -0.1) is 0 Å². The molecule has 2 heterocycles. The second-order valence-electron chi connectivity index (χ2n) is 4.02. The van der Waals surface area contributed by atoms with Gasteiger partial charge in [-0.1, -0.05) is 29.8 Å². The molecule has 1 aromatic carbocycles. The molecule has 0 fully saturated rings. The van der Waals surface area contributed by atoms with Gasteiger partial charge in [0.05, 0.1) is 18.8 Å². The number of halogens is 1. The maximum atomic E-state index is 12.2. The number of hydrogen-bond acceptors (Lipinski definition) is 2. The zero-order valence-electron chi connectivity index (χ0n) is 9.41. The average Bonchev–Trinajstić information content (AvgIpc) is 2.63. The molecule has 0 aliphatic carbocycles. The molecule has 6 heteroatoms. The summed E-state index contributed by atoms with van der Waals surface area (Å²) in [5, 5.41) is 0.492. The van der Waals surface area contributed by atoms with Gasteiger partial charge in [-0.2, -0.15) is 0 Å². The van der Waals surface area contributed by atoms with Crippen LogP contribution in [0.15, 0.2) is 46.0 Å². The second kappa shape index (κ2) is 4.03. The third-order valence-corrected chi connectivity index (χ3v) is 3.14. The zero-order valence-corrected chi connectivity index (χ0v) is 10.2. The Balaban J connectivity index is 2.29. The quantitative estimate of drug-likeness (QED) is 0.722. The molecule has 92 valence electrons. The number of benzene rings is 1. The van der Waals surface area contributed by atoms with Crippen LogP contribution < -0.4 is 11.4 Å². The molecule has 0 N–H and O–H groups in total. The fourth-order valence-electron chi connectivity index (χ4n) is 2.06. The second-order valence-corrected chi connectivity index (χ2v) is 4.45. The molecule has 1 aliphatic rings. The minimum atomic E-state index is -0.341. The first-order valence-electron chi connectivity index (χ1n) is 5.52. The van der Waals surface area contributed by atoms with E-state index in [-0.39, 0.29) is 11.4 Å². The standard InChI is InChI=1S/C12H10ClN3O2/c13-9-4-3-5-10(8-9)16-11(17)14-6-1-2-7-15(14)12(16)18/h1-5,8H,6-7H2. The van der Waals surface area contributed by atoms with Crippen LogP contribution in [0.5, 0.6) is 0 Å². The molecule has 0 spiro atoms. The van der Waals surface area contributed by atoms with Crippen molar-refractivity contribution in [3.8, 4) is 5.69 Å². The molecule has 18 heavy (non-hydrogen) atoms. The summed E-state index contributed by atoms with van der Waals surface area (Å²) >= 11 is 5.88. The number of hydrogen-bond donors (Lipinski definition) is 0. The van der Waals surface area contributed by atoms with E-state index in [0.717, 1.165) is 4.57 Å². The molecule has 0 amide bonds. The smallest absolute Gasteiger partial charge is 0.245 e. The van der Waals surface area contributed by atoms with Crippen molar-refractivity contribution in [3.05, 3.63) is 62.4 Å². The molecular formula is C12H10ClN3O2. The summed E-state index contributed by atoms with van der Waals surface area (Å²) in [6.45, 7) is 0.837. The van der Waals surface area contributed by atoms with Gasteiger partial charge in [-0.05, 0) is 18.2 Å². The maximum absolute atomic E-state index is 12.2. The third kappa shape index (κ3) is 1.55. The minimum absolute atomic E-state index is 0.341. The number of aromatic nitrogens is 3. The van der Waals surface area contributed by atoms with Gasteiger partial charge in [0.1, 0.15) is 0 Å². The highest BCUT2D eigenvalue weighted by molar-refractivity contribution is 6.30. The monoisotopic (exact) mass is 263 g/mol. The van der Waals surface area contributed by atoms with E-state index >= 15 is 0 Å². The van der Waals surface area contributed by atoms with Crippen LogP contribution >= 0.6 is 11.6 Å². The molecule has 5 nitrogen and oxygen atoms in total. The normalized spacial score (nSPS) is 13.6. The molecule has 1 aliphatic heterocycles. The van der Waals surface area contributed by atoms with Crippen molar-refractivity contribution in [2.45, 2.75) is 13.1 Å². The molecule has 0 saturated heterocycles. The van der Waals surface area contributed by atoms with E-state index < -0.39 is 0 Å². The van der Waals surface area contributed by atoms with Gasteiger partial charge in [0.25, 0.3) is 0 Å². The van der Waals surface area contributed by atoms with Crippen molar-refractivity contribution in [1.29, 1.82) is 0 Å². The number of rotatable bonds is 1. The Bertz CT molecular complexity index is 712. The van der Waals surface area contributed by atoms with E-state index in [1.165, 1.54) is 9.36 Å². The predicted octanol–water partition coefficient (Wildman–Crippen LogP) is 1.02. The summed E-state index contributed by atoms with van der Waals surface area (Å²) < 4.78 is 3.98. The van der Waals surface area contributed by atoms with Crippen LogP contribution in [0.1, 0.15) is 0 Å². The molecular weight excluding hydrogens is 254 g/mol. The fourth-order valence-corrected chi connectivity index (χ4v) is 2.24. The molecule has 0 atom stereocenters. The molecule has 3 rings (SSSR count). The van der Waals surface area contributed by atoms with E-state index in [0.29, 0.717) is 23.8 Å². The number of nitrogens with zero attached hydrogens (tertiary/aromatic N) is 3. The van der Waals surface area contributed by atoms with Crippen LogP contribution in [-0.2, 0) is 13.1 Å². The molecule has 1 aromatic heterocycles. The van der Waals surface area contributed by atoms with E-state index in [2.05, 4.69) is 0 Å². The van der Waals surface area contributed by atoms with E-state index in [4.69, 9.17) is 11.6 Å². The highest BCUT2D eigenvalue weighted by Gasteiger charge is 2.17. The third-order valence-electron chi connectivity index (χ3n) is 2.91. The molecule has 0 radical (unpaired) electrons. The average molecular weight is 264 g/mol. The summed E-state index contributed by atoms with van der Waals surface area (Å²) in [5.41, 5.74) is -0.190. The fraction of sp³-hybridized carbons (Fsp3) is 0.167. The molecule has 0 saturated carbocycles. The van der Waals surface area contributed by atoms with E-state index in [1.807, 2.05) is 12.2 Å². The first-order valence-corrected chi connectivity index (χ1v) is 5.90. The van der Waals surface area contributed by atoms with Gasteiger partial charge in [0.15, 0.2) is 0 Å². The van der Waals surface area contributed by atoms with Crippen LogP contribution in [-0.4, -0.2) is 13.9 Å². The highest BCUT2D eigenvalue weighted by atomic mass is 35.5. The van der Waals surface area contributed by atoms with Crippen molar-refractivity contribution in [2.24, 2.45) is 0 Å². The van der Waals surface area contributed by atoms with Crippen LogP contribution in [0.3, 0.4) is 0 Å². The Morgan fingerprint density at radius 1 is 1.00 bits per heavy atom. The van der Waals surface area contributed by atoms with Crippen molar-refractivity contribution in [2.75, 3.05) is 0 Å². The Hall–Kier alpha value is -2.01. The van der Waals surface area contributed by atoms with Gasteiger partial charge >= 0.3 is 11.4 Å². The molecule has 2 aromatic rings. The van der Waals surface area contributed by atoms with Gasteiger partial charge in [0, 0.05) is 5.02 Å². The topological polar surface area (TPSA) is 48.9 Å². The lowest BCUT2D eigenvalue weighted by Crippen LogP contribution is -2.28. The largest absolute Gasteiger partial charge is 0.352 e. The number of fused-ring (bicyclic) bond motifs is 1. The summed E-state index contributed by atoms with van der Waals surface area (Å²) in [6, 6.07) is 6.70. The van der Waals surface area contributed by atoms with E-state index in [1.54, 1.807) is 24.3 Å². The lowest BCUT2D eigenvalue weighted by atomic mass is 10.3. The van der Waals surface area contributed by atoms with Gasteiger partial charge in [-0.3, -0.25) is 0 Å². The van der Waals surface area contributed by atoms with Crippen molar-refractivity contribution < 1.29 is 0 Å². The molecule has 0 bridgehead atoms. The first-order chi connectivity index (χ1) is 8.68. The van der Waals surface area contributed by atoms with Crippen molar-refractivity contribution in [3.63, 3.8) is 0 Å². The zero-order chi connectivity index (χ0) is 12.7.